The molecule has 0 aliphatic rings. The van der Waals surface area contributed by atoms with Gasteiger partial charge in [-0.2, -0.15) is 0 Å². The molecular formula is C12H13NO2S. The second-order valence-electron chi connectivity index (χ2n) is 3.52. The molecule has 0 aliphatic heterocycles. The molecule has 2 heterocycles. The molecule has 1 atom stereocenters. The summed E-state index contributed by atoms with van der Waals surface area (Å²) in [6, 6.07) is 3.74. The molecule has 2 aromatic rings. The van der Waals surface area contributed by atoms with Gasteiger partial charge < -0.3 is 9.84 Å². The minimum atomic E-state index is -0.623. The van der Waals surface area contributed by atoms with Crippen LogP contribution >= 0.6 is 11.3 Å². The summed E-state index contributed by atoms with van der Waals surface area (Å²) >= 11 is 1.48. The van der Waals surface area contributed by atoms with Gasteiger partial charge in [0.1, 0.15) is 11.9 Å². The summed E-state index contributed by atoms with van der Waals surface area (Å²) in [6.45, 7) is 1.96. The maximum Gasteiger partial charge on any atom is 0.129 e. The third kappa shape index (κ3) is 2.08. The maximum atomic E-state index is 10.2. The van der Waals surface area contributed by atoms with Crippen LogP contribution in [0.4, 0.5) is 0 Å². The average Bonchev–Trinajstić information content (AvgIpc) is 2.77. The number of rotatable bonds is 3. The molecule has 0 aliphatic carbocycles. The van der Waals surface area contributed by atoms with E-state index < -0.39 is 6.10 Å². The van der Waals surface area contributed by atoms with Crippen LogP contribution in [0, 0.1) is 6.92 Å². The fourth-order valence-corrected chi connectivity index (χ4v) is 2.36. The zero-order valence-electron chi connectivity index (χ0n) is 9.18. The number of ether oxygens (including phenoxy) is 1. The maximum absolute atomic E-state index is 10.2. The molecule has 16 heavy (non-hydrogen) atoms. The predicted octanol–water partition coefficient (Wildman–Crippen LogP) is 2.54. The van der Waals surface area contributed by atoms with Gasteiger partial charge in [0.05, 0.1) is 7.11 Å². The van der Waals surface area contributed by atoms with Crippen LogP contribution in [0.1, 0.15) is 22.1 Å². The molecular weight excluding hydrogens is 222 g/mol. The molecule has 0 amide bonds. The number of aryl methyl sites for hydroxylation is 1. The molecule has 3 nitrogen and oxygen atoms in total. The van der Waals surface area contributed by atoms with Gasteiger partial charge in [-0.15, -0.1) is 11.3 Å². The van der Waals surface area contributed by atoms with Crippen molar-refractivity contribution in [3.63, 3.8) is 0 Å². The third-order valence-corrected chi connectivity index (χ3v) is 3.44. The lowest BCUT2D eigenvalue weighted by atomic mass is 10.1. The average molecular weight is 235 g/mol. The molecule has 2 aromatic heterocycles. The number of aliphatic hydroxyl groups is 1. The van der Waals surface area contributed by atoms with Gasteiger partial charge in [0.2, 0.25) is 0 Å². The van der Waals surface area contributed by atoms with Gasteiger partial charge in [-0.1, -0.05) is 0 Å². The van der Waals surface area contributed by atoms with Gasteiger partial charge in [0.15, 0.2) is 0 Å². The highest BCUT2D eigenvalue weighted by Gasteiger charge is 2.15. The van der Waals surface area contributed by atoms with Crippen LogP contribution in [-0.2, 0) is 0 Å². The molecule has 0 saturated carbocycles. The van der Waals surface area contributed by atoms with Crippen LogP contribution in [0.5, 0.6) is 5.75 Å². The van der Waals surface area contributed by atoms with Crippen molar-refractivity contribution >= 4 is 11.3 Å². The van der Waals surface area contributed by atoms with E-state index in [0.29, 0.717) is 0 Å². The molecule has 0 aromatic carbocycles. The van der Waals surface area contributed by atoms with Crippen molar-refractivity contribution in [1.29, 1.82) is 0 Å². The number of hydrogen-bond acceptors (Lipinski definition) is 4. The summed E-state index contributed by atoms with van der Waals surface area (Å²) in [4.78, 5) is 4.90. The van der Waals surface area contributed by atoms with Crippen molar-refractivity contribution in [2.24, 2.45) is 0 Å². The van der Waals surface area contributed by atoms with Crippen LogP contribution in [0.25, 0.3) is 0 Å². The molecule has 1 unspecified atom stereocenters. The van der Waals surface area contributed by atoms with Crippen molar-refractivity contribution in [1.82, 2.24) is 4.98 Å². The first-order chi connectivity index (χ1) is 7.72. The lowest BCUT2D eigenvalue weighted by Crippen LogP contribution is -2.00. The Kier molecular flexibility index (Phi) is 3.22. The van der Waals surface area contributed by atoms with Crippen LogP contribution in [0.2, 0.25) is 0 Å². The zero-order valence-corrected chi connectivity index (χ0v) is 9.99. The number of aromatic nitrogens is 1. The van der Waals surface area contributed by atoms with Crippen molar-refractivity contribution < 1.29 is 9.84 Å². The number of pyridine rings is 1. The minimum Gasteiger partial charge on any atom is -0.496 e. The minimum absolute atomic E-state index is 0.623. The van der Waals surface area contributed by atoms with E-state index in [1.807, 2.05) is 24.4 Å². The fourth-order valence-electron chi connectivity index (χ4n) is 1.50. The van der Waals surface area contributed by atoms with Crippen molar-refractivity contribution in [3.8, 4) is 5.75 Å². The Morgan fingerprint density at radius 3 is 2.94 bits per heavy atom. The fraction of sp³-hybridized carbons (Fsp3) is 0.250. The molecule has 0 fully saturated rings. The highest BCUT2D eigenvalue weighted by molar-refractivity contribution is 7.10. The standard InChI is InChI=1S/C12H13NO2S/c1-8-3-4-13-6-10(8)12(14)11-5-9(15-2)7-16-11/h3-7,12,14H,1-2H3. The summed E-state index contributed by atoms with van der Waals surface area (Å²) < 4.78 is 5.09. The van der Waals surface area contributed by atoms with Gasteiger partial charge >= 0.3 is 0 Å². The summed E-state index contributed by atoms with van der Waals surface area (Å²) in [5.41, 5.74) is 1.88. The number of aliphatic hydroxyl groups excluding tert-OH is 1. The molecule has 0 spiro atoms. The molecule has 2 rings (SSSR count). The van der Waals surface area contributed by atoms with Gasteiger partial charge in [0, 0.05) is 28.2 Å². The Balaban J connectivity index is 2.31. The lowest BCUT2D eigenvalue weighted by Gasteiger charge is -2.10. The van der Waals surface area contributed by atoms with Gasteiger partial charge in [-0.05, 0) is 24.6 Å². The van der Waals surface area contributed by atoms with E-state index in [2.05, 4.69) is 4.98 Å². The molecule has 0 radical (unpaired) electrons. The van der Waals surface area contributed by atoms with E-state index in [-0.39, 0.29) is 0 Å². The Hall–Kier alpha value is -1.39. The van der Waals surface area contributed by atoms with E-state index >= 15 is 0 Å². The smallest absolute Gasteiger partial charge is 0.129 e. The normalized spacial score (nSPS) is 12.4. The largest absolute Gasteiger partial charge is 0.496 e. The summed E-state index contributed by atoms with van der Waals surface area (Å²) in [6.07, 6.45) is 2.80. The Bertz CT molecular complexity index is 481. The van der Waals surface area contributed by atoms with Gasteiger partial charge in [-0.25, -0.2) is 0 Å². The highest BCUT2D eigenvalue weighted by atomic mass is 32.1. The second-order valence-corrected chi connectivity index (χ2v) is 4.47. The molecule has 0 bridgehead atoms. The van der Waals surface area contributed by atoms with Crippen LogP contribution in [0.15, 0.2) is 29.9 Å². The number of methoxy groups -OCH3 is 1. The van der Waals surface area contributed by atoms with E-state index in [1.54, 1.807) is 19.5 Å². The predicted molar refractivity (Wildman–Crippen MR) is 63.9 cm³/mol. The Labute approximate surface area is 98.4 Å². The van der Waals surface area contributed by atoms with E-state index in [1.165, 1.54) is 11.3 Å². The second kappa shape index (κ2) is 4.63. The van der Waals surface area contributed by atoms with Crippen molar-refractivity contribution in [2.75, 3.05) is 7.11 Å². The van der Waals surface area contributed by atoms with Crippen LogP contribution in [0.3, 0.4) is 0 Å². The third-order valence-electron chi connectivity index (χ3n) is 2.48. The topological polar surface area (TPSA) is 42.4 Å². The Morgan fingerprint density at radius 1 is 1.50 bits per heavy atom. The summed E-state index contributed by atoms with van der Waals surface area (Å²) in [5.74, 6) is 0.778. The molecule has 84 valence electrons. The monoisotopic (exact) mass is 235 g/mol. The van der Waals surface area contributed by atoms with Crippen molar-refractivity contribution in [2.45, 2.75) is 13.0 Å². The van der Waals surface area contributed by atoms with E-state index in [0.717, 1.165) is 21.8 Å². The first-order valence-corrected chi connectivity index (χ1v) is 5.81. The number of hydrogen-bond donors (Lipinski definition) is 1. The van der Waals surface area contributed by atoms with E-state index in [4.69, 9.17) is 4.74 Å². The quantitative estimate of drug-likeness (QED) is 0.889. The van der Waals surface area contributed by atoms with Crippen LogP contribution in [-0.4, -0.2) is 17.2 Å². The van der Waals surface area contributed by atoms with Crippen molar-refractivity contribution in [3.05, 3.63) is 45.9 Å². The molecule has 4 heteroatoms. The summed E-state index contributed by atoms with van der Waals surface area (Å²) in [5, 5.41) is 12.1. The zero-order chi connectivity index (χ0) is 11.5. The first kappa shape index (κ1) is 11.1. The first-order valence-electron chi connectivity index (χ1n) is 4.93. The Morgan fingerprint density at radius 2 is 2.31 bits per heavy atom. The van der Waals surface area contributed by atoms with Crippen LogP contribution < -0.4 is 4.74 Å². The van der Waals surface area contributed by atoms with Gasteiger partial charge in [-0.3, -0.25) is 4.98 Å². The lowest BCUT2D eigenvalue weighted by molar-refractivity contribution is 0.222. The molecule has 1 N–H and O–H groups in total. The summed E-state index contributed by atoms with van der Waals surface area (Å²) in [7, 11) is 1.62. The molecule has 0 saturated heterocycles. The van der Waals surface area contributed by atoms with E-state index in [9.17, 15) is 5.11 Å². The van der Waals surface area contributed by atoms with Gasteiger partial charge in [0.25, 0.3) is 0 Å². The highest BCUT2D eigenvalue weighted by Crippen LogP contribution is 2.31. The number of nitrogens with zero attached hydrogens (tertiary/aromatic N) is 1. The number of thiophene rings is 1. The SMILES string of the molecule is COc1csc(C(O)c2cnccc2C)c1.